The number of hydrazine groups is 1. The molecule has 1 saturated carbocycles. The van der Waals surface area contributed by atoms with Crippen LogP contribution in [0, 0.1) is 5.41 Å². The van der Waals surface area contributed by atoms with Crippen LogP contribution in [0.3, 0.4) is 0 Å². The zero-order chi connectivity index (χ0) is 13.2. The van der Waals surface area contributed by atoms with Crippen molar-refractivity contribution in [3.63, 3.8) is 0 Å². The number of aromatic nitrogens is 1. The Kier molecular flexibility index (Phi) is 3.56. The van der Waals surface area contributed by atoms with Gasteiger partial charge in [0.05, 0.1) is 0 Å². The number of hydrogen-bond donors (Lipinski definition) is 3. The van der Waals surface area contributed by atoms with E-state index in [9.17, 15) is 8.42 Å². The lowest BCUT2D eigenvalue weighted by atomic mass is 9.71. The first-order valence-electron chi connectivity index (χ1n) is 5.88. The van der Waals surface area contributed by atoms with Gasteiger partial charge in [-0.15, -0.1) is 0 Å². The summed E-state index contributed by atoms with van der Waals surface area (Å²) >= 11 is 0. The van der Waals surface area contributed by atoms with Crippen LogP contribution in [0.15, 0.2) is 23.2 Å². The molecular weight excluding hydrogens is 252 g/mol. The van der Waals surface area contributed by atoms with Gasteiger partial charge in [0.2, 0.25) is 10.0 Å². The number of anilines is 1. The summed E-state index contributed by atoms with van der Waals surface area (Å²) in [6.45, 7) is 2.57. The molecule has 0 bridgehead atoms. The maximum atomic E-state index is 12.0. The SMILES string of the molecule is CC1(CNS(=O)(=O)c2ccc(NN)nc2)CCC1. The molecule has 2 rings (SSSR count). The van der Waals surface area contributed by atoms with Crippen LogP contribution in [-0.2, 0) is 10.0 Å². The van der Waals surface area contributed by atoms with E-state index in [1.807, 2.05) is 0 Å². The number of hydrogen-bond acceptors (Lipinski definition) is 5. The summed E-state index contributed by atoms with van der Waals surface area (Å²) in [5.74, 6) is 5.60. The summed E-state index contributed by atoms with van der Waals surface area (Å²) in [6, 6.07) is 3.01. The van der Waals surface area contributed by atoms with Crippen molar-refractivity contribution in [2.45, 2.75) is 31.1 Å². The summed E-state index contributed by atoms with van der Waals surface area (Å²) in [5.41, 5.74) is 2.46. The van der Waals surface area contributed by atoms with E-state index in [1.54, 1.807) is 0 Å². The zero-order valence-electron chi connectivity index (χ0n) is 10.3. The molecule has 0 saturated heterocycles. The Hall–Kier alpha value is -1.18. The maximum Gasteiger partial charge on any atom is 0.242 e. The van der Waals surface area contributed by atoms with Gasteiger partial charge >= 0.3 is 0 Å². The molecule has 0 aromatic carbocycles. The first kappa shape index (κ1) is 13.3. The van der Waals surface area contributed by atoms with E-state index in [-0.39, 0.29) is 10.3 Å². The number of nitrogens with two attached hydrogens (primary N) is 1. The number of pyridine rings is 1. The molecule has 0 aliphatic heterocycles. The smallest absolute Gasteiger partial charge is 0.242 e. The summed E-state index contributed by atoms with van der Waals surface area (Å²) in [5, 5.41) is 0. The highest BCUT2D eigenvalue weighted by Gasteiger charge is 2.33. The van der Waals surface area contributed by atoms with Gasteiger partial charge in [-0.1, -0.05) is 13.3 Å². The average molecular weight is 270 g/mol. The van der Waals surface area contributed by atoms with Gasteiger partial charge in [0.1, 0.15) is 10.7 Å². The monoisotopic (exact) mass is 270 g/mol. The Morgan fingerprint density at radius 1 is 1.44 bits per heavy atom. The molecule has 0 amide bonds. The van der Waals surface area contributed by atoms with Gasteiger partial charge < -0.3 is 5.43 Å². The minimum Gasteiger partial charge on any atom is -0.308 e. The Morgan fingerprint density at radius 3 is 2.61 bits per heavy atom. The lowest BCUT2D eigenvalue weighted by molar-refractivity contribution is 0.166. The summed E-state index contributed by atoms with van der Waals surface area (Å²) in [4.78, 5) is 4.04. The van der Waals surface area contributed by atoms with E-state index in [0.717, 1.165) is 12.8 Å². The van der Waals surface area contributed by atoms with E-state index >= 15 is 0 Å². The summed E-state index contributed by atoms with van der Waals surface area (Å²) in [6.07, 6.45) is 4.62. The van der Waals surface area contributed by atoms with Crippen molar-refractivity contribution in [1.82, 2.24) is 9.71 Å². The standard InChI is InChI=1S/C11H18N4O2S/c1-11(5-2-6-11)8-14-18(16,17)9-3-4-10(15-12)13-7-9/h3-4,7,14H,2,5-6,8,12H2,1H3,(H,13,15). The second-order valence-corrected chi connectivity index (χ2v) is 6.78. The first-order chi connectivity index (χ1) is 8.45. The Bertz CT molecular complexity index is 508. The molecule has 1 aromatic heterocycles. The Labute approximate surface area is 107 Å². The fraction of sp³-hybridized carbons (Fsp3) is 0.545. The topological polar surface area (TPSA) is 97.1 Å². The number of sulfonamides is 1. The molecule has 0 radical (unpaired) electrons. The van der Waals surface area contributed by atoms with Crippen LogP contribution in [0.1, 0.15) is 26.2 Å². The van der Waals surface area contributed by atoms with E-state index < -0.39 is 10.0 Å². The van der Waals surface area contributed by atoms with Gasteiger partial charge in [-0.3, -0.25) is 0 Å². The zero-order valence-corrected chi connectivity index (χ0v) is 11.1. The van der Waals surface area contributed by atoms with Crippen LogP contribution >= 0.6 is 0 Å². The second kappa shape index (κ2) is 4.83. The molecule has 0 unspecified atom stereocenters. The van der Waals surface area contributed by atoms with E-state index in [1.165, 1.54) is 24.8 Å². The number of rotatable bonds is 5. The molecule has 0 spiro atoms. The highest BCUT2D eigenvalue weighted by atomic mass is 32.2. The van der Waals surface area contributed by atoms with Gasteiger partial charge in [-0.2, -0.15) is 0 Å². The Morgan fingerprint density at radius 2 is 2.17 bits per heavy atom. The lowest BCUT2D eigenvalue weighted by Gasteiger charge is -2.38. The molecule has 0 atom stereocenters. The largest absolute Gasteiger partial charge is 0.308 e. The predicted octanol–water partition coefficient (Wildman–Crippen LogP) is 0.836. The van der Waals surface area contributed by atoms with Crippen molar-refractivity contribution in [1.29, 1.82) is 0 Å². The van der Waals surface area contributed by atoms with Crippen LogP contribution in [0.25, 0.3) is 0 Å². The van der Waals surface area contributed by atoms with E-state index in [0.29, 0.717) is 12.4 Å². The third kappa shape index (κ3) is 2.80. The van der Waals surface area contributed by atoms with Crippen LogP contribution in [0.2, 0.25) is 0 Å². The maximum absolute atomic E-state index is 12.0. The number of nitrogens with one attached hydrogen (secondary N) is 2. The minimum atomic E-state index is -3.48. The van der Waals surface area contributed by atoms with Crippen LogP contribution in [0.4, 0.5) is 5.82 Å². The van der Waals surface area contributed by atoms with Crippen molar-refractivity contribution in [2.24, 2.45) is 11.3 Å². The van der Waals surface area contributed by atoms with Gasteiger partial charge in [0, 0.05) is 12.7 Å². The van der Waals surface area contributed by atoms with E-state index in [4.69, 9.17) is 5.84 Å². The van der Waals surface area contributed by atoms with E-state index in [2.05, 4.69) is 22.1 Å². The quantitative estimate of drug-likeness (QED) is 0.544. The minimum absolute atomic E-state index is 0.110. The van der Waals surface area contributed by atoms with Gasteiger partial charge in [0.15, 0.2) is 0 Å². The Balaban J connectivity index is 2.05. The predicted molar refractivity (Wildman–Crippen MR) is 69.2 cm³/mol. The van der Waals surface area contributed by atoms with Gasteiger partial charge in [0.25, 0.3) is 0 Å². The highest BCUT2D eigenvalue weighted by Crippen LogP contribution is 2.39. The van der Waals surface area contributed by atoms with Crippen molar-refractivity contribution >= 4 is 15.8 Å². The molecule has 1 fully saturated rings. The van der Waals surface area contributed by atoms with Crippen molar-refractivity contribution in [3.05, 3.63) is 18.3 Å². The average Bonchev–Trinajstić information content (AvgIpc) is 2.34. The molecule has 1 aliphatic rings. The normalized spacial score (nSPS) is 18.1. The molecule has 4 N–H and O–H groups in total. The molecule has 100 valence electrons. The number of nitrogens with zero attached hydrogens (tertiary/aromatic N) is 1. The molecule has 18 heavy (non-hydrogen) atoms. The lowest BCUT2D eigenvalue weighted by Crippen LogP contribution is -2.39. The molecular formula is C11H18N4O2S. The third-order valence-electron chi connectivity index (χ3n) is 3.44. The van der Waals surface area contributed by atoms with Crippen molar-refractivity contribution in [3.8, 4) is 0 Å². The summed E-state index contributed by atoms with van der Waals surface area (Å²) in [7, 11) is -3.48. The van der Waals surface area contributed by atoms with Crippen molar-refractivity contribution < 1.29 is 8.42 Å². The van der Waals surface area contributed by atoms with Gasteiger partial charge in [-0.05, 0) is 30.4 Å². The number of nitrogen functional groups attached to an aromatic ring is 1. The molecule has 7 heteroatoms. The highest BCUT2D eigenvalue weighted by molar-refractivity contribution is 7.89. The van der Waals surface area contributed by atoms with Gasteiger partial charge in [-0.25, -0.2) is 24.0 Å². The van der Waals surface area contributed by atoms with Crippen LogP contribution in [-0.4, -0.2) is 19.9 Å². The second-order valence-electron chi connectivity index (χ2n) is 5.01. The summed E-state index contributed by atoms with van der Waals surface area (Å²) < 4.78 is 26.7. The molecule has 1 heterocycles. The molecule has 6 nitrogen and oxygen atoms in total. The third-order valence-corrected chi connectivity index (χ3v) is 4.83. The first-order valence-corrected chi connectivity index (χ1v) is 7.36. The van der Waals surface area contributed by atoms with Crippen LogP contribution in [0.5, 0.6) is 0 Å². The van der Waals surface area contributed by atoms with Crippen molar-refractivity contribution in [2.75, 3.05) is 12.0 Å². The van der Waals surface area contributed by atoms with Crippen LogP contribution < -0.4 is 16.0 Å². The fourth-order valence-electron chi connectivity index (χ4n) is 1.93. The molecule has 1 aromatic rings. The molecule has 1 aliphatic carbocycles. The fourth-order valence-corrected chi connectivity index (χ4v) is 3.08.